The number of pyridine rings is 1. The molecule has 1 aliphatic heterocycles. The van der Waals surface area contributed by atoms with Gasteiger partial charge in [0, 0.05) is 19.3 Å². The summed E-state index contributed by atoms with van der Waals surface area (Å²) >= 11 is 0. The molecule has 0 radical (unpaired) electrons. The average Bonchev–Trinajstić information content (AvgIpc) is 2.36. The fraction of sp³-hybridized carbons (Fsp3) is 0.538. The van der Waals surface area contributed by atoms with Crippen LogP contribution in [0.15, 0.2) is 18.3 Å². The highest BCUT2D eigenvalue weighted by Crippen LogP contribution is 2.19. The minimum absolute atomic E-state index is 0.0537. The Labute approximate surface area is 107 Å². The number of carbonyl (C=O) groups excluding carboxylic acids is 1. The maximum Gasteiger partial charge on any atom is 0.259 e. The van der Waals surface area contributed by atoms with E-state index in [2.05, 4.69) is 4.98 Å². The SMILES string of the molecule is COc1ncccc1C(=O)N1CC(C)OC(C)C1. The van der Waals surface area contributed by atoms with Crippen LogP contribution in [-0.2, 0) is 4.74 Å². The Morgan fingerprint density at radius 2 is 2.11 bits per heavy atom. The first-order valence-electron chi connectivity index (χ1n) is 6.05. The molecule has 1 aromatic heterocycles. The topological polar surface area (TPSA) is 51.7 Å². The van der Waals surface area contributed by atoms with Gasteiger partial charge in [-0.15, -0.1) is 0 Å². The van der Waals surface area contributed by atoms with Crippen molar-refractivity contribution >= 4 is 5.91 Å². The molecule has 0 aliphatic carbocycles. The third-order valence-corrected chi connectivity index (χ3v) is 2.90. The number of ether oxygens (including phenoxy) is 2. The summed E-state index contributed by atoms with van der Waals surface area (Å²) in [5.41, 5.74) is 0.501. The molecule has 98 valence electrons. The highest BCUT2D eigenvalue weighted by molar-refractivity contribution is 5.96. The molecular formula is C13H18N2O3. The Bertz CT molecular complexity index is 426. The van der Waals surface area contributed by atoms with Crippen LogP contribution in [0.4, 0.5) is 0 Å². The van der Waals surface area contributed by atoms with Gasteiger partial charge < -0.3 is 14.4 Å². The van der Waals surface area contributed by atoms with Crippen molar-refractivity contribution in [2.24, 2.45) is 0 Å². The van der Waals surface area contributed by atoms with Crippen molar-refractivity contribution in [1.82, 2.24) is 9.88 Å². The Morgan fingerprint density at radius 3 is 2.72 bits per heavy atom. The molecule has 1 aliphatic rings. The van der Waals surface area contributed by atoms with Crippen LogP contribution in [0.25, 0.3) is 0 Å². The first kappa shape index (κ1) is 12.8. The molecule has 0 aromatic carbocycles. The third kappa shape index (κ3) is 2.61. The lowest BCUT2D eigenvalue weighted by molar-refractivity contribution is -0.0586. The van der Waals surface area contributed by atoms with Gasteiger partial charge in [0.05, 0.1) is 19.3 Å². The third-order valence-electron chi connectivity index (χ3n) is 2.90. The van der Waals surface area contributed by atoms with Crippen LogP contribution < -0.4 is 4.74 Å². The summed E-state index contributed by atoms with van der Waals surface area (Å²) in [4.78, 5) is 18.3. The molecule has 0 spiro atoms. The molecule has 2 heterocycles. The summed E-state index contributed by atoms with van der Waals surface area (Å²) in [6, 6.07) is 3.47. The van der Waals surface area contributed by atoms with E-state index in [-0.39, 0.29) is 18.1 Å². The number of amides is 1. The van der Waals surface area contributed by atoms with E-state index >= 15 is 0 Å². The zero-order valence-electron chi connectivity index (χ0n) is 10.9. The van der Waals surface area contributed by atoms with Gasteiger partial charge in [0.15, 0.2) is 0 Å². The van der Waals surface area contributed by atoms with Crippen molar-refractivity contribution in [2.45, 2.75) is 26.1 Å². The van der Waals surface area contributed by atoms with Crippen LogP contribution in [0.2, 0.25) is 0 Å². The van der Waals surface area contributed by atoms with Crippen molar-refractivity contribution < 1.29 is 14.3 Å². The maximum atomic E-state index is 12.4. The smallest absolute Gasteiger partial charge is 0.259 e. The standard InChI is InChI=1S/C13H18N2O3/c1-9-7-15(8-10(2)18-9)13(16)11-5-4-6-14-12(11)17-3/h4-6,9-10H,7-8H2,1-3H3. The van der Waals surface area contributed by atoms with Gasteiger partial charge in [-0.1, -0.05) is 0 Å². The maximum absolute atomic E-state index is 12.4. The number of morpholine rings is 1. The fourth-order valence-corrected chi connectivity index (χ4v) is 2.23. The largest absolute Gasteiger partial charge is 0.480 e. The normalized spacial score (nSPS) is 23.8. The number of methoxy groups -OCH3 is 1. The lowest BCUT2D eigenvalue weighted by atomic mass is 10.2. The molecule has 1 amide bonds. The summed E-state index contributed by atoms with van der Waals surface area (Å²) in [5.74, 6) is 0.316. The van der Waals surface area contributed by atoms with E-state index in [1.165, 1.54) is 7.11 Å². The highest BCUT2D eigenvalue weighted by Gasteiger charge is 2.28. The Balaban J connectivity index is 2.20. The van der Waals surface area contributed by atoms with Gasteiger partial charge in [0.2, 0.25) is 5.88 Å². The number of hydrogen-bond donors (Lipinski definition) is 0. The van der Waals surface area contributed by atoms with Crippen LogP contribution in [0.5, 0.6) is 5.88 Å². The Morgan fingerprint density at radius 1 is 1.44 bits per heavy atom. The molecule has 5 nitrogen and oxygen atoms in total. The van der Waals surface area contributed by atoms with Crippen LogP contribution in [0.3, 0.4) is 0 Å². The molecule has 1 fully saturated rings. The molecule has 5 heteroatoms. The second kappa shape index (κ2) is 5.35. The van der Waals surface area contributed by atoms with E-state index < -0.39 is 0 Å². The van der Waals surface area contributed by atoms with Crippen molar-refractivity contribution in [3.8, 4) is 5.88 Å². The average molecular weight is 250 g/mol. The molecular weight excluding hydrogens is 232 g/mol. The predicted octanol–water partition coefficient (Wildman–Crippen LogP) is 1.34. The first-order valence-corrected chi connectivity index (χ1v) is 6.05. The molecule has 0 bridgehead atoms. The Kier molecular flexibility index (Phi) is 3.81. The number of rotatable bonds is 2. The van der Waals surface area contributed by atoms with Gasteiger partial charge in [-0.25, -0.2) is 4.98 Å². The summed E-state index contributed by atoms with van der Waals surface area (Å²) < 4.78 is 10.7. The van der Waals surface area contributed by atoms with Crippen molar-refractivity contribution in [3.63, 3.8) is 0 Å². The summed E-state index contributed by atoms with van der Waals surface area (Å²) in [6.45, 7) is 5.13. The van der Waals surface area contributed by atoms with E-state index in [1.807, 2.05) is 13.8 Å². The van der Waals surface area contributed by atoms with Crippen LogP contribution in [0.1, 0.15) is 24.2 Å². The number of nitrogens with zero attached hydrogens (tertiary/aromatic N) is 2. The fourth-order valence-electron chi connectivity index (χ4n) is 2.23. The highest BCUT2D eigenvalue weighted by atomic mass is 16.5. The molecule has 1 saturated heterocycles. The van der Waals surface area contributed by atoms with E-state index in [0.717, 1.165) is 0 Å². The van der Waals surface area contributed by atoms with E-state index in [0.29, 0.717) is 24.5 Å². The van der Waals surface area contributed by atoms with E-state index in [1.54, 1.807) is 23.2 Å². The van der Waals surface area contributed by atoms with Gasteiger partial charge in [-0.2, -0.15) is 0 Å². The van der Waals surface area contributed by atoms with Crippen molar-refractivity contribution in [3.05, 3.63) is 23.9 Å². The monoisotopic (exact) mass is 250 g/mol. The number of aromatic nitrogens is 1. The van der Waals surface area contributed by atoms with Crippen LogP contribution in [0, 0.1) is 0 Å². The molecule has 18 heavy (non-hydrogen) atoms. The summed E-state index contributed by atoms with van der Waals surface area (Å²) in [5, 5.41) is 0. The second-order valence-electron chi connectivity index (χ2n) is 4.53. The minimum Gasteiger partial charge on any atom is -0.480 e. The molecule has 1 aromatic rings. The molecule has 0 saturated carbocycles. The van der Waals surface area contributed by atoms with Crippen LogP contribution >= 0.6 is 0 Å². The van der Waals surface area contributed by atoms with Gasteiger partial charge in [0.25, 0.3) is 5.91 Å². The molecule has 2 atom stereocenters. The Hall–Kier alpha value is -1.62. The molecule has 0 N–H and O–H groups in total. The second-order valence-corrected chi connectivity index (χ2v) is 4.53. The predicted molar refractivity (Wildman–Crippen MR) is 66.7 cm³/mol. The van der Waals surface area contributed by atoms with Gasteiger partial charge in [-0.05, 0) is 26.0 Å². The lowest BCUT2D eigenvalue weighted by Crippen LogP contribution is -2.48. The van der Waals surface area contributed by atoms with Gasteiger partial charge >= 0.3 is 0 Å². The zero-order chi connectivity index (χ0) is 13.1. The van der Waals surface area contributed by atoms with E-state index in [9.17, 15) is 4.79 Å². The first-order chi connectivity index (χ1) is 8.61. The molecule has 2 unspecified atom stereocenters. The number of carbonyl (C=O) groups is 1. The summed E-state index contributed by atoms with van der Waals surface area (Å²) in [7, 11) is 1.52. The number of hydrogen-bond acceptors (Lipinski definition) is 4. The lowest BCUT2D eigenvalue weighted by Gasteiger charge is -2.35. The van der Waals surface area contributed by atoms with Crippen LogP contribution in [-0.4, -0.2) is 48.2 Å². The molecule has 2 rings (SSSR count). The summed E-state index contributed by atoms with van der Waals surface area (Å²) in [6.07, 6.45) is 1.72. The zero-order valence-corrected chi connectivity index (χ0v) is 10.9. The van der Waals surface area contributed by atoms with Crippen molar-refractivity contribution in [2.75, 3.05) is 20.2 Å². The minimum atomic E-state index is -0.0537. The van der Waals surface area contributed by atoms with Gasteiger partial charge in [0.1, 0.15) is 5.56 Å². The van der Waals surface area contributed by atoms with Gasteiger partial charge in [-0.3, -0.25) is 4.79 Å². The van der Waals surface area contributed by atoms with E-state index in [4.69, 9.17) is 9.47 Å². The quantitative estimate of drug-likeness (QED) is 0.794. The van der Waals surface area contributed by atoms with Crippen molar-refractivity contribution in [1.29, 1.82) is 0 Å².